The highest BCUT2D eigenvalue weighted by Crippen LogP contribution is 2.53. The third-order valence-electron chi connectivity index (χ3n) is 17.3. The number of nitrogens with zero attached hydrogens (tertiary/aromatic N) is 15. The lowest BCUT2D eigenvalue weighted by Gasteiger charge is -2.37. The summed E-state index contributed by atoms with van der Waals surface area (Å²) in [5.41, 5.74) is 1.83. The topological polar surface area (TPSA) is 396 Å². The maximum absolute atomic E-state index is 13.0. The number of rotatable bonds is 33. The number of nitrogens with one attached hydrogen (secondary N) is 4. The van der Waals surface area contributed by atoms with Crippen molar-refractivity contribution in [3.05, 3.63) is 158 Å². The molecule has 3 unspecified atom stereocenters. The Hall–Kier alpha value is -8.21. The van der Waals surface area contributed by atoms with Crippen LogP contribution in [0.15, 0.2) is 95.4 Å². The molecule has 2 aromatic carbocycles. The highest BCUT2D eigenvalue weighted by atomic mass is 31.2. The number of amides is 3. The van der Waals surface area contributed by atoms with Crippen LogP contribution in [0.25, 0.3) is 36.9 Å². The highest BCUT2D eigenvalue weighted by molar-refractivity contribution is 7.45. The number of anilines is 3. The van der Waals surface area contributed by atoms with Crippen LogP contribution >= 0.6 is 25.6 Å². The molecular weight excluding hydrogens is 1570 g/mol. The van der Waals surface area contributed by atoms with Crippen LogP contribution < -0.4 is 27.2 Å². The predicted molar refractivity (Wildman–Crippen MR) is 450 cm³/mol. The smallest absolute Gasteiger partial charge is 0.351 e. The van der Waals surface area contributed by atoms with Crippen molar-refractivity contribution in [3.63, 3.8) is 0 Å². The van der Waals surface area contributed by atoms with Crippen LogP contribution in [-0.2, 0) is 46.1 Å². The molecule has 0 bridgehead atoms. The standard InChI is InChI=1S/C26H34N7O4P.C26H36N5O5P.C23H36N7O5P.3CH4O/c1-17(2)33(18(3)4)38(35-13-12-27-6)37-21-14-22(36-19(21)5)32-16-30-23-24(28-15-29-25(23)32)31-26(34)20-10-8-7-9-11-20;1-17(2)31(18(3)4)37(34-14-13-27-7)36-22-15-23(35-20(22)6)30-16-19(5)24(29-26(30)33)28-25(32)21-11-9-8-10-12-21;1-13(2)21(31)27-23-26-20-19(22(32)28-23)25-12-29(20)18-11-17(16(7)34-18)35-36(33-10-9-24-8)30(14(3)4)15(5)6;3*1-2/h7-11,15-19,21-22H,12-14H2,1-5H3,(H,28,29,31,34);8-12,16-18,20,22-23H,13-15H2,1-6H3,(H,28,29,32,33);12-18H,9-11H2,1-7H3,(H2,26,27,28,31,32);3*2H,1H3/t19-,21+,22-,38?;20-,22+,23-,37?;16-,17+,18-,36?;;;/m111.../s1/i5D;6D;7D;3*2T. The van der Waals surface area contributed by atoms with Crippen LogP contribution in [0.2, 0.25) is 0 Å². The first-order valence-electron chi connectivity index (χ1n) is 41.4. The SMILES string of the molecule is [2H]C[C@H]1O[C@@H](n2cc(C)c(NC(=O)c3ccccc3)nc2=O)C[C@@H]1OP(OCC[N+]#[C-])N(C(C)C)C(C)C.[2H]C[C@H]1O[C@@H](n2cnc3c(=O)[nH]c(NC(=O)C(C)C)nc32)C[C@@H]1OP(OCC[N+]#[C-])N(C(C)C)C(C)C.[2H]C[C@H]1O[C@@H](n2cnc3c(NC(=O)c4ccccc4)ncnc32)C[C@@H]1OP(OCC[N+]#[C-])N(C(C)C)C(C)C.[3H]OC.[3H]OC.[3H]OC. The van der Waals surface area contributed by atoms with Crippen LogP contribution in [0.5, 0.6) is 0 Å². The van der Waals surface area contributed by atoms with E-state index >= 15 is 0 Å². The van der Waals surface area contributed by atoms with E-state index in [1.807, 2.05) is 12.1 Å². The number of benzene rings is 2. The molecule has 10 rings (SSSR count). The Morgan fingerprint density at radius 1 is 0.564 bits per heavy atom. The Morgan fingerprint density at radius 2 is 0.940 bits per heavy atom. The second-order valence-corrected chi connectivity index (χ2v) is 32.3. The molecule has 0 aliphatic carbocycles. The van der Waals surface area contributed by atoms with Gasteiger partial charge < -0.3 is 81.8 Å². The Labute approximate surface area is 698 Å². The molecule has 642 valence electrons. The molecule has 5 aromatic heterocycles. The molecule has 3 saturated heterocycles. The van der Waals surface area contributed by atoms with E-state index in [0.717, 1.165) is 0 Å². The molecule has 3 fully saturated rings. The second-order valence-electron chi connectivity index (χ2n) is 28.1. The van der Waals surface area contributed by atoms with Gasteiger partial charge in [-0.05, 0) is 135 Å². The molecule has 0 radical (unpaired) electrons. The second kappa shape index (κ2) is 50.0. The molecule has 3 amide bonds. The number of ether oxygens (including phenoxy) is 3. The maximum Gasteiger partial charge on any atom is 0.351 e. The zero-order chi connectivity index (χ0) is 91.2. The fourth-order valence-electron chi connectivity index (χ4n) is 12.2. The number of carbonyl (C=O) groups is 3. The van der Waals surface area contributed by atoms with E-state index in [-0.39, 0.29) is 143 Å². The monoisotopic (exact) mass is 1690 g/mol. The molecule has 7 aromatic rings. The van der Waals surface area contributed by atoms with Crippen molar-refractivity contribution < 1.29 is 75.2 Å². The van der Waals surface area contributed by atoms with Gasteiger partial charge >= 0.3 is 5.69 Å². The average molecular weight is 1700 g/mol. The third kappa shape index (κ3) is 28.2. The van der Waals surface area contributed by atoms with Gasteiger partial charge in [0.05, 0.1) is 49.3 Å². The molecule has 3 aliphatic rings. The van der Waals surface area contributed by atoms with E-state index in [1.54, 1.807) is 91.0 Å². The minimum Gasteiger partial charge on any atom is -0.400 e. The van der Waals surface area contributed by atoms with Crippen molar-refractivity contribution in [3.8, 4) is 0 Å². The molecule has 36 nitrogen and oxygen atoms in total. The predicted octanol–water partition coefficient (Wildman–Crippen LogP) is 12.3. The average Bonchev–Trinajstić information content (AvgIpc) is 1.64. The van der Waals surface area contributed by atoms with Crippen LogP contribution in [0.1, 0.15) is 186 Å². The van der Waals surface area contributed by atoms with Gasteiger partial charge in [-0.3, -0.25) is 43.2 Å². The quantitative estimate of drug-likeness (QED) is 0.0114. The van der Waals surface area contributed by atoms with Crippen LogP contribution in [0.3, 0.4) is 0 Å². The third-order valence-corrected chi connectivity index (χ3v) is 23.8. The fourth-order valence-corrected chi connectivity index (χ4v) is 17.5. The minimum atomic E-state index is -1.52. The van der Waals surface area contributed by atoms with Gasteiger partial charge in [0.1, 0.15) is 50.6 Å². The number of aliphatic hydroxyl groups is 3. The number of carbonyl (C=O) groups excluding carboxylic acids is 3. The number of imidazole rings is 2. The number of H-pyrrole nitrogens is 1. The van der Waals surface area contributed by atoms with E-state index in [9.17, 15) is 24.0 Å². The van der Waals surface area contributed by atoms with Gasteiger partial charge in [-0.2, -0.15) is 9.97 Å². The molecule has 8 heterocycles. The zero-order valence-corrected chi connectivity index (χ0v) is 72.5. The largest absolute Gasteiger partial charge is 0.400 e. The van der Waals surface area contributed by atoms with E-state index in [0.29, 0.717) is 52.9 Å². The lowest BCUT2D eigenvalue weighted by Crippen LogP contribution is -2.35. The summed E-state index contributed by atoms with van der Waals surface area (Å²) in [7, 11) is -0.636. The van der Waals surface area contributed by atoms with Gasteiger partial charge in [-0.1, -0.05) is 50.2 Å². The van der Waals surface area contributed by atoms with Gasteiger partial charge in [0.2, 0.25) is 35.8 Å². The van der Waals surface area contributed by atoms with Crippen LogP contribution in [0, 0.1) is 32.6 Å². The van der Waals surface area contributed by atoms with Gasteiger partial charge in [0, 0.05) is 110 Å². The van der Waals surface area contributed by atoms with E-state index in [2.05, 4.69) is 178 Å². The fraction of sp³-hybridized carbons (Fsp3) is 0.590. The van der Waals surface area contributed by atoms with E-state index in [4.69, 9.17) is 69.5 Å². The van der Waals surface area contributed by atoms with Gasteiger partial charge in [0.25, 0.3) is 43.0 Å². The van der Waals surface area contributed by atoms with Crippen LogP contribution in [-0.4, -0.2) is 234 Å². The summed E-state index contributed by atoms with van der Waals surface area (Å²) in [4.78, 5) is 101. The number of hydrogen-bond donors (Lipinski definition) is 7. The maximum atomic E-state index is 13.0. The summed E-state index contributed by atoms with van der Waals surface area (Å²) >= 11 is 0. The molecule has 0 saturated carbocycles. The molecule has 39 heteroatoms. The first kappa shape index (κ1) is 89.6. The summed E-state index contributed by atoms with van der Waals surface area (Å²) in [6, 6.07) is 18.4. The van der Waals surface area contributed by atoms with Crippen molar-refractivity contribution in [2.24, 2.45) is 5.92 Å². The van der Waals surface area contributed by atoms with Crippen molar-refractivity contribution in [1.82, 2.24) is 62.6 Å². The van der Waals surface area contributed by atoms with Crippen molar-refractivity contribution in [2.45, 2.75) is 235 Å². The normalized spacial score (nSPS) is 20.4. The number of aromatic amines is 1. The van der Waals surface area contributed by atoms with Crippen molar-refractivity contribution in [1.29, 1.82) is 4.29 Å². The first-order valence-corrected chi connectivity index (χ1v) is 41.4. The molecule has 7 N–H and O–H groups in total. The Balaban J connectivity index is 0.000000312. The lowest BCUT2D eigenvalue weighted by atomic mass is 10.2. The van der Waals surface area contributed by atoms with E-state index < -0.39 is 92.1 Å². The van der Waals surface area contributed by atoms with Gasteiger partial charge in [0.15, 0.2) is 28.1 Å². The summed E-state index contributed by atoms with van der Waals surface area (Å²) in [6.45, 7) is 52.6. The van der Waals surface area contributed by atoms with Crippen LogP contribution in [0.4, 0.5) is 17.6 Å². The lowest BCUT2D eigenvalue weighted by molar-refractivity contribution is -0.119. The molecule has 3 aliphatic heterocycles. The van der Waals surface area contributed by atoms with Crippen molar-refractivity contribution >= 4 is 83.2 Å². The minimum absolute atomic E-state index is 0.00967. The summed E-state index contributed by atoms with van der Waals surface area (Å²) in [5.74, 6) is -0.702. The Morgan fingerprint density at radius 3 is 1.32 bits per heavy atom. The first-order chi connectivity index (χ1) is 58.8. The Bertz CT molecular complexity index is 4570. The number of aromatic nitrogens is 10. The molecule has 117 heavy (non-hydrogen) atoms. The summed E-state index contributed by atoms with van der Waals surface area (Å²) in [5, 5.41) is 18.6. The van der Waals surface area contributed by atoms with Gasteiger partial charge in [-0.15, -0.1) is 0 Å². The zero-order valence-electron chi connectivity index (χ0n) is 75.8. The highest BCUT2D eigenvalue weighted by Gasteiger charge is 2.44. The summed E-state index contributed by atoms with van der Waals surface area (Å²) in [6.07, 6.45) is 2.55. The molecular formula is C78H118N19O17P3. The number of aliphatic hydroxyl groups excluding tert-OH is 3. The molecule has 0 spiro atoms. The Kier molecular flexibility index (Phi) is 38.3. The van der Waals surface area contributed by atoms with E-state index in [1.165, 1.54) is 38.6 Å². The van der Waals surface area contributed by atoms with Gasteiger partial charge in [-0.25, -0.2) is 58.5 Å². The molecule has 12 atom stereocenters. The van der Waals surface area contributed by atoms with Crippen molar-refractivity contribution in [2.75, 3.05) is 76.7 Å². The number of fused-ring (bicyclic) bond motifs is 2. The summed E-state index contributed by atoms with van der Waals surface area (Å²) < 4.78 is 108. The number of aryl methyl sites for hydroxylation is 1. The number of hydrogen-bond acceptors (Lipinski definition) is 26.